The van der Waals surface area contributed by atoms with Gasteiger partial charge in [0.15, 0.2) is 0 Å². The van der Waals surface area contributed by atoms with Crippen molar-refractivity contribution in [1.29, 1.82) is 0 Å². The van der Waals surface area contributed by atoms with Gasteiger partial charge in [-0.2, -0.15) is 0 Å². The maximum absolute atomic E-state index is 4.33. The molecule has 0 radical (unpaired) electrons. The number of halogens is 1. The predicted octanol–water partition coefficient (Wildman–Crippen LogP) is 6.91. The van der Waals surface area contributed by atoms with E-state index in [4.69, 9.17) is 0 Å². The lowest BCUT2D eigenvalue weighted by molar-refractivity contribution is 0.845. The molecule has 4 rings (SSSR count). The number of imidazole rings is 1. The lowest BCUT2D eigenvalue weighted by Gasteiger charge is -2.25. The first kappa shape index (κ1) is 20.9. The summed E-state index contributed by atoms with van der Waals surface area (Å²) in [7, 11) is 0. The Morgan fingerprint density at radius 3 is 1.66 bits per heavy atom. The van der Waals surface area contributed by atoms with Crippen LogP contribution in [0.1, 0.15) is 53.5 Å². The zero-order chi connectivity index (χ0) is 19.5. The van der Waals surface area contributed by atoms with Crippen molar-refractivity contribution < 1.29 is 0 Å². The van der Waals surface area contributed by atoms with Gasteiger partial charge in [-0.25, -0.2) is 4.98 Å². The van der Waals surface area contributed by atoms with Crippen LogP contribution in [0.25, 0.3) is 5.69 Å². The van der Waals surface area contributed by atoms with E-state index < -0.39 is 0 Å². The molecule has 1 aromatic heterocycles. The van der Waals surface area contributed by atoms with Crippen LogP contribution in [0.4, 0.5) is 0 Å². The quantitative estimate of drug-likeness (QED) is 0.354. The Bertz CT molecular complexity index is 974. The highest BCUT2D eigenvalue weighted by molar-refractivity contribution is 5.85. The van der Waals surface area contributed by atoms with E-state index >= 15 is 0 Å². The Labute approximate surface area is 179 Å². The van der Waals surface area contributed by atoms with Crippen molar-refractivity contribution >= 4 is 12.4 Å². The molecular weight excluding hydrogens is 376 g/mol. The minimum atomic E-state index is 0. The zero-order valence-corrected chi connectivity index (χ0v) is 17.9. The molecule has 0 aliphatic heterocycles. The maximum atomic E-state index is 4.33. The second kappa shape index (κ2) is 9.11. The normalized spacial score (nSPS) is 12.8. The van der Waals surface area contributed by atoms with Crippen LogP contribution in [-0.2, 0) is 0 Å². The number of rotatable bonds is 5. The minimum absolute atomic E-state index is 0. The second-order valence-corrected chi connectivity index (χ2v) is 7.53. The molecule has 4 aromatic rings. The summed E-state index contributed by atoms with van der Waals surface area (Å²) in [5.74, 6) is 0.584. The highest BCUT2D eigenvalue weighted by atomic mass is 35.5. The predicted molar refractivity (Wildman–Crippen MR) is 123 cm³/mol. The Hall–Kier alpha value is -2.84. The van der Waals surface area contributed by atoms with Crippen LogP contribution in [0.3, 0.4) is 0 Å². The van der Waals surface area contributed by atoms with Gasteiger partial charge < -0.3 is 4.57 Å². The molecule has 0 spiro atoms. The van der Waals surface area contributed by atoms with Gasteiger partial charge in [0.2, 0.25) is 0 Å². The second-order valence-electron chi connectivity index (χ2n) is 7.53. The number of aryl methyl sites for hydroxylation is 1. The molecule has 2 atom stereocenters. The SMILES string of the molecule is Cc1cc(C(C)c2ccccc2)c(-n2ccnc2)c(C(C)c2ccccc2)c1.Cl. The van der Waals surface area contributed by atoms with Crippen molar-refractivity contribution in [3.8, 4) is 5.69 Å². The van der Waals surface area contributed by atoms with Gasteiger partial charge in [0, 0.05) is 24.2 Å². The number of benzene rings is 3. The fourth-order valence-electron chi connectivity index (χ4n) is 4.03. The molecule has 3 aromatic carbocycles. The summed E-state index contributed by atoms with van der Waals surface area (Å²) in [6.45, 7) is 6.78. The third-order valence-corrected chi connectivity index (χ3v) is 5.61. The zero-order valence-electron chi connectivity index (χ0n) is 17.1. The summed E-state index contributed by atoms with van der Waals surface area (Å²) in [5.41, 5.74) is 7.86. The molecule has 0 saturated heterocycles. The van der Waals surface area contributed by atoms with E-state index in [0.29, 0.717) is 11.8 Å². The largest absolute Gasteiger partial charge is 0.306 e. The molecule has 29 heavy (non-hydrogen) atoms. The molecule has 148 valence electrons. The third kappa shape index (κ3) is 4.28. The summed E-state index contributed by atoms with van der Waals surface area (Å²) in [4.78, 5) is 4.33. The summed E-state index contributed by atoms with van der Waals surface area (Å²) in [5, 5.41) is 0. The Balaban J connectivity index is 0.00000240. The van der Waals surface area contributed by atoms with Gasteiger partial charge in [-0.1, -0.05) is 92.2 Å². The number of hydrogen-bond donors (Lipinski definition) is 0. The van der Waals surface area contributed by atoms with Crippen molar-refractivity contribution in [2.24, 2.45) is 0 Å². The van der Waals surface area contributed by atoms with Gasteiger partial charge in [0.25, 0.3) is 0 Å². The molecule has 0 saturated carbocycles. The van der Waals surface area contributed by atoms with Crippen LogP contribution >= 0.6 is 12.4 Å². The van der Waals surface area contributed by atoms with Gasteiger partial charge >= 0.3 is 0 Å². The molecule has 2 unspecified atom stereocenters. The topological polar surface area (TPSA) is 17.8 Å². The van der Waals surface area contributed by atoms with E-state index in [1.807, 2.05) is 18.7 Å². The third-order valence-electron chi connectivity index (χ3n) is 5.61. The smallest absolute Gasteiger partial charge is 0.0991 e. The van der Waals surface area contributed by atoms with Crippen LogP contribution < -0.4 is 0 Å². The Morgan fingerprint density at radius 1 is 0.759 bits per heavy atom. The molecule has 0 aliphatic rings. The lowest BCUT2D eigenvalue weighted by Crippen LogP contribution is -2.10. The molecule has 3 heteroatoms. The van der Waals surface area contributed by atoms with Crippen molar-refractivity contribution in [3.05, 3.63) is 119 Å². The average Bonchev–Trinajstić information content (AvgIpc) is 3.27. The van der Waals surface area contributed by atoms with Crippen molar-refractivity contribution in [2.45, 2.75) is 32.6 Å². The summed E-state index contributed by atoms with van der Waals surface area (Å²) >= 11 is 0. The van der Waals surface area contributed by atoms with Gasteiger partial charge in [-0.05, 0) is 29.2 Å². The number of hydrogen-bond acceptors (Lipinski definition) is 1. The minimum Gasteiger partial charge on any atom is -0.306 e. The van der Waals surface area contributed by atoms with Crippen molar-refractivity contribution in [3.63, 3.8) is 0 Å². The first-order valence-electron chi connectivity index (χ1n) is 9.88. The van der Waals surface area contributed by atoms with Gasteiger partial charge in [-0.3, -0.25) is 0 Å². The highest BCUT2D eigenvalue weighted by Crippen LogP contribution is 2.37. The number of nitrogens with zero attached hydrogens (tertiary/aromatic N) is 2. The average molecular weight is 403 g/mol. The van der Waals surface area contributed by atoms with E-state index in [-0.39, 0.29) is 12.4 Å². The van der Waals surface area contributed by atoms with Crippen LogP contribution in [0.2, 0.25) is 0 Å². The maximum Gasteiger partial charge on any atom is 0.0991 e. The lowest BCUT2D eigenvalue weighted by atomic mass is 9.84. The van der Waals surface area contributed by atoms with E-state index in [0.717, 1.165) is 0 Å². The van der Waals surface area contributed by atoms with E-state index in [1.54, 1.807) is 0 Å². The fourth-order valence-corrected chi connectivity index (χ4v) is 4.03. The first-order valence-corrected chi connectivity index (χ1v) is 9.88. The standard InChI is InChI=1S/C26H26N2.ClH/c1-19-16-24(20(2)22-10-6-4-7-11-22)26(28-15-14-27-18-28)25(17-19)21(3)23-12-8-5-9-13-23;/h4-18,20-21H,1-3H3;1H. The van der Waals surface area contributed by atoms with E-state index in [1.165, 1.54) is 33.5 Å². The molecule has 0 bridgehead atoms. The van der Waals surface area contributed by atoms with Gasteiger partial charge in [0.1, 0.15) is 0 Å². The van der Waals surface area contributed by atoms with E-state index in [9.17, 15) is 0 Å². The van der Waals surface area contributed by atoms with Gasteiger partial charge in [0.05, 0.1) is 12.0 Å². The fraction of sp³-hybridized carbons (Fsp3) is 0.192. The molecule has 0 amide bonds. The molecule has 0 fully saturated rings. The van der Waals surface area contributed by atoms with Gasteiger partial charge in [-0.15, -0.1) is 12.4 Å². The summed E-state index contributed by atoms with van der Waals surface area (Å²) < 4.78 is 2.17. The molecule has 0 N–H and O–H groups in total. The Kier molecular flexibility index (Phi) is 6.56. The highest BCUT2D eigenvalue weighted by Gasteiger charge is 2.21. The molecule has 0 aliphatic carbocycles. The van der Waals surface area contributed by atoms with E-state index in [2.05, 4.69) is 103 Å². The van der Waals surface area contributed by atoms with Crippen molar-refractivity contribution in [1.82, 2.24) is 9.55 Å². The van der Waals surface area contributed by atoms with Crippen LogP contribution in [-0.4, -0.2) is 9.55 Å². The monoisotopic (exact) mass is 402 g/mol. The van der Waals surface area contributed by atoms with Crippen LogP contribution in [0.15, 0.2) is 91.5 Å². The number of aromatic nitrogens is 2. The van der Waals surface area contributed by atoms with Crippen LogP contribution in [0.5, 0.6) is 0 Å². The Morgan fingerprint density at radius 2 is 1.24 bits per heavy atom. The molecule has 1 heterocycles. The first-order chi connectivity index (χ1) is 13.6. The summed E-state index contributed by atoms with van der Waals surface area (Å²) in [6, 6.07) is 26.1. The molecular formula is C26H27ClN2. The summed E-state index contributed by atoms with van der Waals surface area (Å²) in [6.07, 6.45) is 5.81. The van der Waals surface area contributed by atoms with Crippen molar-refractivity contribution in [2.75, 3.05) is 0 Å². The molecule has 2 nitrogen and oxygen atoms in total. The van der Waals surface area contributed by atoms with Crippen LogP contribution in [0, 0.1) is 6.92 Å².